The van der Waals surface area contributed by atoms with E-state index in [1.54, 1.807) is 4.90 Å². The number of hydrogen-bond acceptors (Lipinski definition) is 9. The monoisotopic (exact) mass is 269 g/mol. The largest absolute Gasteiger partial charge is 0.394 e. The molecule has 0 saturated carbocycles. The Bertz CT molecular complexity index is 465. The average molecular weight is 269 g/mol. The molecule has 1 saturated heterocycles. The molecule has 0 aliphatic carbocycles. The lowest BCUT2D eigenvalue weighted by Crippen LogP contribution is -2.47. The van der Waals surface area contributed by atoms with Gasteiger partial charge in [0.1, 0.15) is 29.8 Å². The van der Waals surface area contributed by atoms with Gasteiger partial charge in [-0.25, -0.2) is 9.98 Å². The quantitative estimate of drug-likeness (QED) is 0.357. The first-order chi connectivity index (χ1) is 9.13. The van der Waals surface area contributed by atoms with Crippen LogP contribution in [0.5, 0.6) is 0 Å². The minimum atomic E-state index is -1.16. The Morgan fingerprint density at radius 1 is 1.42 bits per heavy atom. The number of ether oxygens (including phenoxy) is 1. The molecule has 0 aromatic heterocycles. The van der Waals surface area contributed by atoms with E-state index in [0.717, 1.165) is 0 Å². The van der Waals surface area contributed by atoms with Crippen molar-refractivity contribution in [2.45, 2.75) is 30.7 Å². The minimum absolute atomic E-state index is 0.375. The number of aliphatic hydroxyl groups excluding tert-OH is 3. The molecule has 0 aromatic carbocycles. The summed E-state index contributed by atoms with van der Waals surface area (Å²) < 4.78 is 5.43. The predicted octanol–water partition coefficient (Wildman–Crippen LogP) is -3.15. The number of aliphatic hydroxyl groups is 3. The standard InChI is InChI=1S/C10H15N5O4/c11-8-5-9(13-2-12-8)15(3-14-5)10-7(18)6(17)4(1-16)19-10/h2-4,6-7,9-10,16-18H,1,11H2,(H,12,13)/t4-,6-,7-,9?,10-/m0/s1. The molecule has 3 aliphatic heterocycles. The molecule has 0 spiro atoms. The molecule has 0 bridgehead atoms. The first-order valence-corrected chi connectivity index (χ1v) is 5.85. The fourth-order valence-corrected chi connectivity index (χ4v) is 2.34. The van der Waals surface area contributed by atoms with Crippen molar-refractivity contribution >= 4 is 12.7 Å². The van der Waals surface area contributed by atoms with Crippen molar-refractivity contribution < 1.29 is 20.1 Å². The highest BCUT2D eigenvalue weighted by Crippen LogP contribution is 2.30. The molecule has 0 amide bonds. The van der Waals surface area contributed by atoms with Gasteiger partial charge in [0.25, 0.3) is 0 Å². The van der Waals surface area contributed by atoms with Crippen molar-refractivity contribution in [2.75, 3.05) is 6.61 Å². The highest BCUT2D eigenvalue weighted by atomic mass is 16.6. The van der Waals surface area contributed by atoms with Crippen LogP contribution in [0.15, 0.2) is 21.5 Å². The van der Waals surface area contributed by atoms with Crippen molar-refractivity contribution in [1.82, 2.24) is 10.2 Å². The van der Waals surface area contributed by atoms with E-state index in [4.69, 9.17) is 15.6 Å². The van der Waals surface area contributed by atoms with Gasteiger partial charge in [0.2, 0.25) is 0 Å². The molecule has 3 aliphatic rings. The summed E-state index contributed by atoms with van der Waals surface area (Å²) in [4.78, 5) is 9.85. The fourth-order valence-electron chi connectivity index (χ4n) is 2.34. The van der Waals surface area contributed by atoms with Crippen molar-refractivity contribution in [3.63, 3.8) is 0 Å². The van der Waals surface area contributed by atoms with E-state index < -0.39 is 30.7 Å². The SMILES string of the molecule is NC1=C2N=CN([C@H]3O[C@@H](CO)[C@H](O)[C@@H]3O)C2N=CN1. The average Bonchev–Trinajstić information content (AvgIpc) is 2.94. The van der Waals surface area contributed by atoms with E-state index in [1.165, 1.54) is 12.7 Å². The van der Waals surface area contributed by atoms with Crippen LogP contribution in [0.25, 0.3) is 0 Å². The van der Waals surface area contributed by atoms with E-state index in [-0.39, 0.29) is 6.61 Å². The van der Waals surface area contributed by atoms with Gasteiger partial charge in [0.05, 0.1) is 19.3 Å². The number of nitrogens with two attached hydrogens (primary N) is 1. The summed E-state index contributed by atoms with van der Waals surface area (Å²) in [6.07, 6.45) is -1.57. The number of rotatable bonds is 2. The first-order valence-electron chi connectivity index (χ1n) is 5.85. The Morgan fingerprint density at radius 2 is 2.21 bits per heavy atom. The topological polar surface area (TPSA) is 136 Å². The van der Waals surface area contributed by atoms with Gasteiger partial charge in [-0.1, -0.05) is 0 Å². The van der Waals surface area contributed by atoms with Gasteiger partial charge in [0.15, 0.2) is 12.4 Å². The Balaban J connectivity index is 1.83. The van der Waals surface area contributed by atoms with Crippen LogP contribution in [0, 0.1) is 0 Å². The van der Waals surface area contributed by atoms with Gasteiger partial charge in [-0.3, -0.25) is 0 Å². The maximum Gasteiger partial charge on any atom is 0.172 e. The molecule has 6 N–H and O–H groups in total. The lowest BCUT2D eigenvalue weighted by molar-refractivity contribution is -0.0750. The highest BCUT2D eigenvalue weighted by Gasteiger charge is 2.48. The predicted molar refractivity (Wildman–Crippen MR) is 64.7 cm³/mol. The maximum atomic E-state index is 9.97. The van der Waals surface area contributed by atoms with Crippen LogP contribution in [0.2, 0.25) is 0 Å². The van der Waals surface area contributed by atoms with Crippen LogP contribution in [0.4, 0.5) is 0 Å². The molecular weight excluding hydrogens is 254 g/mol. The number of nitrogens with one attached hydrogen (secondary N) is 1. The van der Waals surface area contributed by atoms with E-state index in [0.29, 0.717) is 11.5 Å². The molecule has 19 heavy (non-hydrogen) atoms. The second-order valence-electron chi connectivity index (χ2n) is 4.52. The van der Waals surface area contributed by atoms with Crippen LogP contribution >= 0.6 is 0 Å². The molecular formula is C10H15N5O4. The van der Waals surface area contributed by atoms with Crippen LogP contribution in [0.3, 0.4) is 0 Å². The van der Waals surface area contributed by atoms with Crippen molar-refractivity contribution in [3.05, 3.63) is 11.5 Å². The van der Waals surface area contributed by atoms with Crippen molar-refractivity contribution in [2.24, 2.45) is 15.7 Å². The minimum Gasteiger partial charge on any atom is -0.394 e. The van der Waals surface area contributed by atoms with E-state index in [9.17, 15) is 10.2 Å². The lowest BCUT2D eigenvalue weighted by Gasteiger charge is -2.30. The molecule has 3 rings (SSSR count). The summed E-state index contributed by atoms with van der Waals surface area (Å²) in [5, 5.41) is 31.5. The van der Waals surface area contributed by atoms with Gasteiger partial charge in [-0.05, 0) is 0 Å². The Kier molecular flexibility index (Phi) is 2.90. The van der Waals surface area contributed by atoms with Gasteiger partial charge in [-0.2, -0.15) is 0 Å². The zero-order valence-corrected chi connectivity index (χ0v) is 9.92. The van der Waals surface area contributed by atoms with Gasteiger partial charge < -0.3 is 36.0 Å². The number of fused-ring (bicyclic) bond motifs is 1. The highest BCUT2D eigenvalue weighted by molar-refractivity contribution is 5.68. The van der Waals surface area contributed by atoms with E-state index in [2.05, 4.69) is 15.3 Å². The summed E-state index contributed by atoms with van der Waals surface area (Å²) in [6, 6.07) is 0. The molecule has 0 aromatic rings. The smallest absolute Gasteiger partial charge is 0.172 e. The maximum absolute atomic E-state index is 9.97. The fraction of sp³-hybridized carbons (Fsp3) is 0.600. The molecule has 0 radical (unpaired) electrons. The molecule has 9 nitrogen and oxygen atoms in total. The third-order valence-electron chi connectivity index (χ3n) is 3.38. The summed E-state index contributed by atoms with van der Waals surface area (Å²) in [6.45, 7) is -0.375. The zero-order valence-electron chi connectivity index (χ0n) is 9.92. The van der Waals surface area contributed by atoms with Crippen LogP contribution in [0.1, 0.15) is 0 Å². The second-order valence-corrected chi connectivity index (χ2v) is 4.52. The summed E-state index contributed by atoms with van der Waals surface area (Å²) in [5.41, 5.74) is 6.27. The molecule has 5 atom stereocenters. The first kappa shape index (κ1) is 12.4. The lowest BCUT2D eigenvalue weighted by atomic mass is 10.1. The molecule has 3 heterocycles. The molecule has 104 valence electrons. The summed E-state index contributed by atoms with van der Waals surface area (Å²) >= 11 is 0. The number of aliphatic imine (C=N–C) groups is 2. The number of hydrogen-bond donors (Lipinski definition) is 5. The van der Waals surface area contributed by atoms with E-state index >= 15 is 0 Å². The van der Waals surface area contributed by atoms with Crippen LogP contribution in [-0.2, 0) is 4.74 Å². The Morgan fingerprint density at radius 3 is 2.89 bits per heavy atom. The Hall–Kier alpha value is -1.68. The second kappa shape index (κ2) is 4.46. The van der Waals surface area contributed by atoms with Crippen molar-refractivity contribution in [3.8, 4) is 0 Å². The summed E-state index contributed by atoms with van der Waals surface area (Å²) in [5.74, 6) is 0.380. The number of nitrogens with zero attached hydrogens (tertiary/aromatic N) is 3. The molecule has 1 unspecified atom stereocenters. The Labute approximate surface area is 108 Å². The van der Waals surface area contributed by atoms with Crippen LogP contribution in [-0.4, -0.2) is 70.2 Å². The van der Waals surface area contributed by atoms with Gasteiger partial charge in [-0.15, -0.1) is 0 Å². The van der Waals surface area contributed by atoms with Gasteiger partial charge >= 0.3 is 0 Å². The normalized spacial score (nSPS) is 40.8. The van der Waals surface area contributed by atoms with E-state index in [1.807, 2.05) is 0 Å². The van der Waals surface area contributed by atoms with Crippen LogP contribution < -0.4 is 11.1 Å². The third kappa shape index (κ3) is 1.78. The van der Waals surface area contributed by atoms with Crippen molar-refractivity contribution in [1.29, 1.82) is 0 Å². The van der Waals surface area contributed by atoms with Gasteiger partial charge in [0, 0.05) is 0 Å². The third-order valence-corrected chi connectivity index (χ3v) is 3.38. The molecule has 1 fully saturated rings. The molecule has 9 heteroatoms. The zero-order chi connectivity index (χ0) is 13.6. The summed E-state index contributed by atoms with van der Waals surface area (Å²) in [7, 11) is 0.